The first-order valence-electron chi connectivity index (χ1n) is 6.23. The second-order valence-electron chi connectivity index (χ2n) is 4.66. The van der Waals surface area contributed by atoms with Gasteiger partial charge in [-0.05, 0) is 32.7 Å². The highest BCUT2D eigenvalue weighted by Gasteiger charge is 2.33. The van der Waals surface area contributed by atoms with Gasteiger partial charge < -0.3 is 10.0 Å². The van der Waals surface area contributed by atoms with Gasteiger partial charge in [0.2, 0.25) is 5.91 Å². The van der Waals surface area contributed by atoms with Gasteiger partial charge in [-0.2, -0.15) is 0 Å². The van der Waals surface area contributed by atoms with Crippen LogP contribution in [0.25, 0.3) is 0 Å². The van der Waals surface area contributed by atoms with E-state index in [-0.39, 0.29) is 18.6 Å². The van der Waals surface area contributed by atoms with Gasteiger partial charge in [-0.25, -0.2) is 0 Å². The van der Waals surface area contributed by atoms with E-state index in [0.717, 1.165) is 25.9 Å². The molecule has 0 saturated carbocycles. The topological polar surface area (TPSA) is 43.8 Å². The van der Waals surface area contributed by atoms with Gasteiger partial charge in [0.25, 0.3) is 0 Å². The highest BCUT2D eigenvalue weighted by molar-refractivity contribution is 5.82. The minimum absolute atomic E-state index is 0.0805. The molecule has 0 aromatic carbocycles. The molecule has 1 fully saturated rings. The quantitative estimate of drug-likeness (QED) is 0.770. The molecule has 0 aromatic rings. The average molecular weight is 228 g/mol. The van der Waals surface area contributed by atoms with E-state index in [0.29, 0.717) is 12.5 Å². The van der Waals surface area contributed by atoms with E-state index < -0.39 is 0 Å². The molecule has 1 aliphatic rings. The molecule has 0 aliphatic carbocycles. The van der Waals surface area contributed by atoms with E-state index in [1.807, 2.05) is 7.05 Å². The van der Waals surface area contributed by atoms with E-state index in [1.165, 1.54) is 0 Å². The summed E-state index contributed by atoms with van der Waals surface area (Å²) in [5.74, 6) is 0.159. The number of carbonyl (C=O) groups is 1. The Hall–Kier alpha value is -0.610. The summed E-state index contributed by atoms with van der Waals surface area (Å²) in [6, 6.07) is 0.290. The third-order valence-electron chi connectivity index (χ3n) is 3.39. The Morgan fingerprint density at radius 2 is 2.19 bits per heavy atom. The zero-order valence-corrected chi connectivity index (χ0v) is 10.6. The molecule has 1 N–H and O–H groups in total. The number of aliphatic hydroxyl groups is 1. The lowest BCUT2D eigenvalue weighted by molar-refractivity contribution is -0.135. The summed E-state index contributed by atoms with van der Waals surface area (Å²) < 4.78 is 0. The highest BCUT2D eigenvalue weighted by atomic mass is 16.3. The molecule has 4 nitrogen and oxygen atoms in total. The van der Waals surface area contributed by atoms with Crippen molar-refractivity contribution in [2.45, 2.75) is 45.2 Å². The van der Waals surface area contributed by atoms with Gasteiger partial charge in [0.05, 0.1) is 6.04 Å². The molecule has 1 saturated heterocycles. The molecule has 4 heteroatoms. The van der Waals surface area contributed by atoms with Crippen LogP contribution in [0.2, 0.25) is 0 Å². The van der Waals surface area contributed by atoms with Crippen LogP contribution in [-0.2, 0) is 4.79 Å². The first-order valence-corrected chi connectivity index (χ1v) is 6.23. The molecule has 16 heavy (non-hydrogen) atoms. The number of nitrogens with zero attached hydrogens (tertiary/aromatic N) is 2. The molecule has 1 rings (SSSR count). The fourth-order valence-corrected chi connectivity index (χ4v) is 2.41. The van der Waals surface area contributed by atoms with Crippen molar-refractivity contribution in [3.63, 3.8) is 0 Å². The summed E-state index contributed by atoms with van der Waals surface area (Å²) in [4.78, 5) is 16.2. The molecule has 2 atom stereocenters. The molecule has 1 amide bonds. The third-order valence-corrected chi connectivity index (χ3v) is 3.39. The lowest BCUT2D eigenvalue weighted by atomic mass is 10.1. The smallest absolute Gasteiger partial charge is 0.239 e. The van der Waals surface area contributed by atoms with Crippen molar-refractivity contribution in [1.29, 1.82) is 0 Å². The Balaban J connectivity index is 2.83. The Kier molecular flexibility index (Phi) is 5.22. The second kappa shape index (κ2) is 6.21. The summed E-state index contributed by atoms with van der Waals surface area (Å²) in [6.45, 7) is 6.14. The van der Waals surface area contributed by atoms with Crippen molar-refractivity contribution in [2.24, 2.45) is 0 Å². The molecular weight excluding hydrogens is 204 g/mol. The molecule has 0 radical (unpaired) electrons. The lowest BCUT2D eigenvalue weighted by Gasteiger charge is -2.33. The van der Waals surface area contributed by atoms with Gasteiger partial charge >= 0.3 is 0 Å². The zero-order chi connectivity index (χ0) is 12.1. The first kappa shape index (κ1) is 13.5. The summed E-state index contributed by atoms with van der Waals surface area (Å²) in [7, 11) is 1.86. The van der Waals surface area contributed by atoms with Crippen molar-refractivity contribution in [3.05, 3.63) is 0 Å². The highest BCUT2D eigenvalue weighted by Crippen LogP contribution is 2.19. The van der Waals surface area contributed by atoms with Crippen LogP contribution in [0.3, 0.4) is 0 Å². The van der Waals surface area contributed by atoms with Crippen LogP contribution in [0.1, 0.15) is 33.1 Å². The van der Waals surface area contributed by atoms with Gasteiger partial charge in [-0.3, -0.25) is 9.69 Å². The Morgan fingerprint density at radius 3 is 2.75 bits per heavy atom. The maximum atomic E-state index is 12.1. The van der Waals surface area contributed by atoms with Crippen LogP contribution >= 0.6 is 0 Å². The number of amides is 1. The van der Waals surface area contributed by atoms with Gasteiger partial charge in [0.1, 0.15) is 0 Å². The molecule has 2 unspecified atom stereocenters. The van der Waals surface area contributed by atoms with Gasteiger partial charge in [-0.15, -0.1) is 0 Å². The molecule has 0 spiro atoms. The fourth-order valence-electron chi connectivity index (χ4n) is 2.41. The van der Waals surface area contributed by atoms with E-state index in [2.05, 4.69) is 18.7 Å². The number of hydrogen-bond donors (Lipinski definition) is 1. The second-order valence-corrected chi connectivity index (χ2v) is 4.66. The van der Waals surface area contributed by atoms with Crippen LogP contribution in [0.5, 0.6) is 0 Å². The van der Waals surface area contributed by atoms with Crippen molar-refractivity contribution in [2.75, 3.05) is 26.7 Å². The molecule has 1 heterocycles. The Morgan fingerprint density at radius 1 is 1.50 bits per heavy atom. The number of rotatable bonds is 4. The van der Waals surface area contributed by atoms with Gasteiger partial charge in [0.15, 0.2) is 0 Å². The summed E-state index contributed by atoms with van der Waals surface area (Å²) in [6.07, 6.45) is 2.61. The van der Waals surface area contributed by atoms with Crippen molar-refractivity contribution >= 4 is 5.91 Å². The fraction of sp³-hybridized carbons (Fsp3) is 0.917. The normalized spacial score (nSPS) is 28.2. The zero-order valence-electron chi connectivity index (χ0n) is 10.6. The van der Waals surface area contributed by atoms with Crippen LogP contribution in [0.15, 0.2) is 0 Å². The van der Waals surface area contributed by atoms with E-state index in [9.17, 15) is 4.79 Å². The molecular formula is C12H24N2O2. The third kappa shape index (κ3) is 2.95. The minimum atomic E-state index is -0.132. The SMILES string of the molecule is CCCN1C(C)CCN(C)C(=O)C1CCO. The Labute approximate surface area is 98.2 Å². The van der Waals surface area contributed by atoms with E-state index >= 15 is 0 Å². The van der Waals surface area contributed by atoms with E-state index in [4.69, 9.17) is 5.11 Å². The number of likely N-dealkylation sites (N-methyl/N-ethyl adjacent to an activating group) is 1. The monoisotopic (exact) mass is 228 g/mol. The van der Waals surface area contributed by atoms with Crippen LogP contribution < -0.4 is 0 Å². The lowest BCUT2D eigenvalue weighted by Crippen LogP contribution is -2.48. The van der Waals surface area contributed by atoms with Gasteiger partial charge in [0, 0.05) is 26.2 Å². The summed E-state index contributed by atoms with van der Waals surface area (Å²) >= 11 is 0. The predicted molar refractivity (Wildman–Crippen MR) is 64.2 cm³/mol. The summed E-state index contributed by atoms with van der Waals surface area (Å²) in [5, 5.41) is 9.09. The summed E-state index contributed by atoms with van der Waals surface area (Å²) in [5.41, 5.74) is 0. The van der Waals surface area contributed by atoms with Crippen LogP contribution in [-0.4, -0.2) is 59.6 Å². The largest absolute Gasteiger partial charge is 0.396 e. The van der Waals surface area contributed by atoms with E-state index in [1.54, 1.807) is 4.90 Å². The maximum Gasteiger partial charge on any atom is 0.239 e. The van der Waals surface area contributed by atoms with Crippen LogP contribution in [0, 0.1) is 0 Å². The standard InChI is InChI=1S/C12H24N2O2/c1-4-7-14-10(2)5-8-13(3)12(16)11(14)6-9-15/h10-11,15H,4-9H2,1-3H3. The predicted octanol–water partition coefficient (Wildman–Crippen LogP) is 0.700. The molecule has 94 valence electrons. The van der Waals surface area contributed by atoms with Crippen molar-refractivity contribution in [1.82, 2.24) is 9.80 Å². The van der Waals surface area contributed by atoms with Crippen LogP contribution in [0.4, 0.5) is 0 Å². The van der Waals surface area contributed by atoms with Gasteiger partial charge in [-0.1, -0.05) is 6.92 Å². The number of hydrogen-bond acceptors (Lipinski definition) is 3. The number of carbonyl (C=O) groups excluding carboxylic acids is 1. The maximum absolute atomic E-state index is 12.1. The molecule has 0 aromatic heterocycles. The Bertz CT molecular complexity index is 233. The molecule has 0 bridgehead atoms. The first-order chi connectivity index (χ1) is 7.61. The minimum Gasteiger partial charge on any atom is -0.396 e. The van der Waals surface area contributed by atoms with Crippen molar-refractivity contribution < 1.29 is 9.90 Å². The van der Waals surface area contributed by atoms with Crippen molar-refractivity contribution in [3.8, 4) is 0 Å². The number of aliphatic hydroxyl groups excluding tert-OH is 1. The molecule has 1 aliphatic heterocycles. The average Bonchev–Trinajstić information content (AvgIpc) is 2.36.